The van der Waals surface area contributed by atoms with Crippen molar-refractivity contribution in [1.29, 1.82) is 0 Å². The zero-order valence-corrected chi connectivity index (χ0v) is 15.8. The van der Waals surface area contributed by atoms with Crippen LogP contribution in [0.5, 0.6) is 0 Å². The van der Waals surface area contributed by atoms with Crippen LogP contribution in [0.1, 0.15) is 18.0 Å². The van der Waals surface area contributed by atoms with Gasteiger partial charge in [0.05, 0.1) is 16.2 Å². The first-order valence-electron chi connectivity index (χ1n) is 8.63. The van der Waals surface area contributed by atoms with Gasteiger partial charge in [-0.05, 0) is 31.2 Å². The zero-order valence-electron chi connectivity index (χ0n) is 15.0. The van der Waals surface area contributed by atoms with Crippen LogP contribution in [0.3, 0.4) is 0 Å². The molecule has 0 aliphatic rings. The average molecular weight is 391 g/mol. The second kappa shape index (κ2) is 7.32. The van der Waals surface area contributed by atoms with E-state index in [1.165, 1.54) is 17.8 Å². The molecule has 0 fully saturated rings. The van der Waals surface area contributed by atoms with Crippen LogP contribution < -0.4 is 16.9 Å². The number of benzene rings is 2. The smallest absolute Gasteiger partial charge is 0.275 e. The Hall–Kier alpha value is -3.39. The molecule has 0 spiro atoms. The van der Waals surface area contributed by atoms with E-state index in [9.17, 15) is 9.59 Å². The maximum atomic E-state index is 12.4. The van der Waals surface area contributed by atoms with Crippen LogP contribution in [0.4, 0.5) is 5.82 Å². The molecular weight excluding hydrogens is 374 g/mol. The quantitative estimate of drug-likeness (QED) is 0.409. The van der Waals surface area contributed by atoms with Gasteiger partial charge in [0.25, 0.3) is 11.1 Å². The van der Waals surface area contributed by atoms with Crippen molar-refractivity contribution in [3.05, 3.63) is 87.2 Å². The summed E-state index contributed by atoms with van der Waals surface area (Å²) in [7, 11) is 0. The zero-order chi connectivity index (χ0) is 19.7. The van der Waals surface area contributed by atoms with Crippen molar-refractivity contribution in [3.63, 3.8) is 0 Å². The van der Waals surface area contributed by atoms with E-state index in [0.717, 1.165) is 5.69 Å². The van der Waals surface area contributed by atoms with E-state index in [4.69, 9.17) is 5.73 Å². The molecule has 0 bridgehead atoms. The molecule has 1 atom stereocenters. The van der Waals surface area contributed by atoms with E-state index in [1.54, 1.807) is 22.8 Å². The Morgan fingerprint density at radius 1 is 1.04 bits per heavy atom. The third kappa shape index (κ3) is 3.41. The van der Waals surface area contributed by atoms with Gasteiger partial charge in [-0.2, -0.15) is 4.98 Å². The van der Waals surface area contributed by atoms with E-state index >= 15 is 0 Å². The minimum atomic E-state index is -0.417. The highest BCUT2D eigenvalue weighted by atomic mass is 32.2. The third-order valence-electron chi connectivity index (χ3n) is 4.24. The van der Waals surface area contributed by atoms with Crippen molar-refractivity contribution < 1.29 is 0 Å². The van der Waals surface area contributed by atoms with Gasteiger partial charge in [0, 0.05) is 11.8 Å². The highest BCUT2D eigenvalue weighted by molar-refractivity contribution is 7.99. The number of hydrogen-bond donors (Lipinski definition) is 2. The Morgan fingerprint density at radius 2 is 1.75 bits per heavy atom. The molecule has 2 aromatic heterocycles. The normalized spacial score (nSPS) is 12.2. The van der Waals surface area contributed by atoms with Crippen LogP contribution in [0, 0.1) is 0 Å². The molecular formula is C20H17N5O2S. The van der Waals surface area contributed by atoms with Gasteiger partial charge in [-0.1, -0.05) is 42.1 Å². The highest BCUT2D eigenvalue weighted by Gasteiger charge is 2.17. The van der Waals surface area contributed by atoms with Crippen LogP contribution >= 0.6 is 11.8 Å². The maximum Gasteiger partial charge on any atom is 0.275 e. The first kappa shape index (κ1) is 18.0. The molecule has 0 saturated carbocycles. The number of anilines is 1. The highest BCUT2D eigenvalue weighted by Crippen LogP contribution is 2.33. The van der Waals surface area contributed by atoms with E-state index < -0.39 is 5.56 Å². The Kier molecular flexibility index (Phi) is 4.70. The number of fused-ring (bicyclic) bond motifs is 1. The van der Waals surface area contributed by atoms with Crippen LogP contribution in [-0.2, 0) is 0 Å². The standard InChI is InChI=1S/C20H17N5O2S/c1-12(18-22-15-10-6-5-9-14(15)19(27)24-18)28-20-23-17(26)11-16(21)25(20)13-7-3-2-4-8-13/h2-12H,21H2,1H3,(H,22,24,27)/t12-/m1/s1. The van der Waals surface area contributed by atoms with Gasteiger partial charge in [-0.15, -0.1) is 0 Å². The van der Waals surface area contributed by atoms with Crippen molar-refractivity contribution in [2.24, 2.45) is 0 Å². The minimum absolute atomic E-state index is 0.200. The molecule has 28 heavy (non-hydrogen) atoms. The Morgan fingerprint density at radius 3 is 2.54 bits per heavy atom. The molecule has 4 aromatic rings. The average Bonchev–Trinajstić information content (AvgIpc) is 2.68. The Labute approximate surface area is 164 Å². The van der Waals surface area contributed by atoms with Crippen molar-refractivity contribution in [3.8, 4) is 5.69 Å². The van der Waals surface area contributed by atoms with Gasteiger partial charge in [-0.25, -0.2) is 4.98 Å². The van der Waals surface area contributed by atoms with Gasteiger partial charge in [0.1, 0.15) is 11.6 Å². The summed E-state index contributed by atoms with van der Waals surface area (Å²) in [6.45, 7) is 1.89. The third-order valence-corrected chi connectivity index (χ3v) is 5.30. The number of nitrogens with two attached hydrogens (primary N) is 1. The van der Waals surface area contributed by atoms with Crippen LogP contribution in [-0.4, -0.2) is 19.5 Å². The summed E-state index contributed by atoms with van der Waals surface area (Å²) in [6, 6.07) is 17.9. The number of H-pyrrole nitrogens is 1. The van der Waals surface area contributed by atoms with E-state index in [-0.39, 0.29) is 10.8 Å². The summed E-state index contributed by atoms with van der Waals surface area (Å²) in [5.74, 6) is 0.797. The molecule has 2 aromatic carbocycles. The monoisotopic (exact) mass is 391 g/mol. The maximum absolute atomic E-state index is 12.4. The molecule has 0 amide bonds. The van der Waals surface area contributed by atoms with Gasteiger partial charge in [0.15, 0.2) is 5.16 Å². The fraction of sp³-hybridized carbons (Fsp3) is 0.100. The van der Waals surface area contributed by atoms with Crippen molar-refractivity contribution in [1.82, 2.24) is 19.5 Å². The van der Waals surface area contributed by atoms with Crippen molar-refractivity contribution >= 4 is 28.5 Å². The summed E-state index contributed by atoms with van der Waals surface area (Å²) in [6.07, 6.45) is 0. The van der Waals surface area contributed by atoms with Crippen LogP contribution in [0.2, 0.25) is 0 Å². The molecule has 0 radical (unpaired) electrons. The number of rotatable bonds is 4. The summed E-state index contributed by atoms with van der Waals surface area (Å²) >= 11 is 1.30. The predicted molar refractivity (Wildman–Crippen MR) is 111 cm³/mol. The number of nitrogens with one attached hydrogen (secondary N) is 1. The topological polar surface area (TPSA) is 107 Å². The summed E-state index contributed by atoms with van der Waals surface area (Å²) < 4.78 is 1.71. The van der Waals surface area contributed by atoms with E-state index in [2.05, 4.69) is 15.0 Å². The number of thioether (sulfide) groups is 1. The van der Waals surface area contributed by atoms with Gasteiger partial charge in [-0.3, -0.25) is 14.2 Å². The molecule has 8 heteroatoms. The fourth-order valence-corrected chi connectivity index (χ4v) is 3.90. The molecule has 0 aliphatic heterocycles. The first-order chi connectivity index (χ1) is 13.5. The molecule has 0 saturated heterocycles. The van der Waals surface area contributed by atoms with E-state index in [0.29, 0.717) is 27.7 Å². The summed E-state index contributed by atoms with van der Waals surface area (Å²) in [5, 5.41) is 0.701. The number of hydrogen-bond acceptors (Lipinski definition) is 6. The molecule has 7 nitrogen and oxygen atoms in total. The largest absolute Gasteiger partial charge is 0.385 e. The number of para-hydroxylation sites is 2. The lowest BCUT2D eigenvalue weighted by molar-refractivity contribution is 0.812. The number of nitrogens with zero attached hydrogens (tertiary/aromatic N) is 3. The van der Waals surface area contributed by atoms with Crippen LogP contribution in [0.25, 0.3) is 16.6 Å². The summed E-state index contributed by atoms with van der Waals surface area (Å²) in [4.78, 5) is 35.8. The Bertz CT molecular complexity index is 1270. The number of aromatic amines is 1. The Balaban J connectivity index is 1.77. The number of aromatic nitrogens is 4. The second-order valence-corrected chi connectivity index (χ2v) is 7.51. The van der Waals surface area contributed by atoms with Gasteiger partial charge >= 0.3 is 0 Å². The fourth-order valence-electron chi connectivity index (χ4n) is 2.90. The molecule has 0 unspecified atom stereocenters. The summed E-state index contributed by atoms with van der Waals surface area (Å²) in [5.41, 5.74) is 6.90. The molecule has 4 rings (SSSR count). The minimum Gasteiger partial charge on any atom is -0.385 e. The molecule has 2 heterocycles. The molecule has 140 valence electrons. The second-order valence-electron chi connectivity index (χ2n) is 6.20. The van der Waals surface area contributed by atoms with E-state index in [1.807, 2.05) is 43.3 Å². The number of nitrogen functional groups attached to an aromatic ring is 1. The predicted octanol–water partition coefficient (Wildman–Crippen LogP) is 2.90. The molecule has 0 aliphatic carbocycles. The van der Waals surface area contributed by atoms with Crippen LogP contribution in [0.15, 0.2) is 75.4 Å². The lowest BCUT2D eigenvalue weighted by Gasteiger charge is -2.17. The SMILES string of the molecule is C[C@@H](Sc1nc(=O)cc(N)n1-c1ccccc1)c1nc2ccccc2c(=O)[nH]1. The lowest BCUT2D eigenvalue weighted by atomic mass is 10.2. The van der Waals surface area contributed by atoms with Gasteiger partial charge in [0.2, 0.25) is 0 Å². The van der Waals surface area contributed by atoms with Crippen molar-refractivity contribution in [2.45, 2.75) is 17.3 Å². The van der Waals surface area contributed by atoms with Crippen molar-refractivity contribution in [2.75, 3.05) is 5.73 Å². The first-order valence-corrected chi connectivity index (χ1v) is 9.51. The lowest BCUT2D eigenvalue weighted by Crippen LogP contribution is -2.18. The molecule has 3 N–H and O–H groups in total. The van der Waals surface area contributed by atoms with Gasteiger partial charge < -0.3 is 10.7 Å².